The number of benzene rings is 2. The summed E-state index contributed by atoms with van der Waals surface area (Å²) in [5.41, 5.74) is -1.46. The number of fused-ring (bicyclic) bond motifs is 1. The smallest absolute Gasteiger partial charge is 0.358 e. The van der Waals surface area contributed by atoms with E-state index in [9.17, 15) is 28.3 Å². The molecule has 1 unspecified atom stereocenters. The fraction of sp³-hybridized carbons (Fsp3) is 0.280. The van der Waals surface area contributed by atoms with Gasteiger partial charge in [0.25, 0.3) is 5.56 Å². The third kappa shape index (κ3) is 4.50. The van der Waals surface area contributed by atoms with Gasteiger partial charge in [-0.15, -0.1) is 4.48 Å². The van der Waals surface area contributed by atoms with Gasteiger partial charge in [-0.1, -0.05) is 11.6 Å². The lowest BCUT2D eigenvalue weighted by Crippen LogP contribution is -2.63. The van der Waals surface area contributed by atoms with Crippen LogP contribution in [0.4, 0.5) is 20.2 Å². The topological polar surface area (TPSA) is 111 Å². The van der Waals surface area contributed by atoms with Crippen molar-refractivity contribution in [3.05, 3.63) is 74.8 Å². The molecule has 2 N–H and O–H groups in total. The fourth-order valence-corrected chi connectivity index (χ4v) is 4.43. The highest BCUT2D eigenvalue weighted by atomic mass is 35.5. The molecular weight excluding hydrogens is 510 g/mol. The van der Waals surface area contributed by atoms with Gasteiger partial charge in [-0.25, -0.2) is 18.4 Å². The number of carbonyl (C=O) groups excluding carboxylic acids is 2. The molecule has 2 heterocycles. The highest BCUT2D eigenvalue weighted by molar-refractivity contribution is 6.31. The minimum absolute atomic E-state index is 0.0436. The normalized spacial score (nSPS) is 16.8. The second-order valence-electron chi connectivity index (χ2n) is 9.17. The summed E-state index contributed by atoms with van der Waals surface area (Å²) < 4.78 is 32.9. The van der Waals surface area contributed by atoms with Gasteiger partial charge in [-0.3, -0.25) is 9.36 Å². The minimum Gasteiger partial charge on any atom is -0.471 e. The van der Waals surface area contributed by atoms with Gasteiger partial charge in [0.1, 0.15) is 29.8 Å². The molecule has 4 rings (SSSR count). The monoisotopic (exact) mass is 533 g/mol. The predicted molar refractivity (Wildman–Crippen MR) is 133 cm³/mol. The maximum Gasteiger partial charge on any atom is 0.358 e. The van der Waals surface area contributed by atoms with Crippen LogP contribution in [0, 0.1) is 18.6 Å². The average molecular weight is 534 g/mol. The van der Waals surface area contributed by atoms with Crippen LogP contribution in [-0.4, -0.2) is 38.7 Å². The molecule has 194 valence electrons. The van der Waals surface area contributed by atoms with Crippen LogP contribution in [0.5, 0.6) is 5.88 Å². The van der Waals surface area contributed by atoms with Crippen LogP contribution >= 0.6 is 11.6 Å². The first-order chi connectivity index (χ1) is 17.3. The Hall–Kier alpha value is -3.67. The van der Waals surface area contributed by atoms with Crippen molar-refractivity contribution in [1.29, 1.82) is 0 Å². The Balaban J connectivity index is 1.76. The molecule has 0 fully saturated rings. The number of anilines is 1. The van der Waals surface area contributed by atoms with Crippen LogP contribution in [0.25, 0.3) is 5.69 Å². The van der Waals surface area contributed by atoms with E-state index in [0.29, 0.717) is 11.8 Å². The summed E-state index contributed by atoms with van der Waals surface area (Å²) in [5, 5.41) is 13.0. The maximum absolute atomic E-state index is 13.9. The summed E-state index contributed by atoms with van der Waals surface area (Å²) in [6, 6.07) is 7.67. The molecule has 37 heavy (non-hydrogen) atoms. The van der Waals surface area contributed by atoms with Crippen LogP contribution in [0.1, 0.15) is 32.2 Å². The van der Waals surface area contributed by atoms with Crippen molar-refractivity contribution in [2.45, 2.75) is 39.9 Å². The number of rotatable bonds is 5. The maximum atomic E-state index is 13.9. The quantitative estimate of drug-likeness (QED) is 0.482. The molecule has 0 saturated heterocycles. The van der Waals surface area contributed by atoms with Gasteiger partial charge in [0.2, 0.25) is 5.88 Å². The number of carbonyl (C=O) groups is 2. The minimum atomic E-state index is -1.81. The molecule has 0 spiro atoms. The molecule has 2 amide bonds. The molecule has 1 aliphatic heterocycles. The molecule has 2 aromatic carbocycles. The number of aryl methyl sites for hydroxylation is 1. The lowest BCUT2D eigenvalue weighted by Gasteiger charge is -2.31. The Labute approximate surface area is 215 Å². The van der Waals surface area contributed by atoms with E-state index in [-0.39, 0.29) is 46.9 Å². The van der Waals surface area contributed by atoms with Crippen LogP contribution in [0.15, 0.2) is 41.2 Å². The van der Waals surface area contributed by atoms with E-state index >= 15 is 0 Å². The van der Waals surface area contributed by atoms with Gasteiger partial charge >= 0.3 is 11.8 Å². The molecule has 9 nitrogen and oxygen atoms in total. The number of hydrogen-bond donors (Lipinski definition) is 2. The zero-order chi connectivity index (χ0) is 27.3. The van der Waals surface area contributed by atoms with Gasteiger partial charge in [-0.05, 0) is 45.0 Å². The zero-order valence-corrected chi connectivity index (χ0v) is 21.2. The first-order valence-corrected chi connectivity index (χ1v) is 11.6. The first kappa shape index (κ1) is 26.4. The Kier molecular flexibility index (Phi) is 6.65. The lowest BCUT2D eigenvalue weighted by molar-refractivity contribution is -0.153. The average Bonchev–Trinajstić information content (AvgIpc) is 3.20. The highest BCUT2D eigenvalue weighted by Crippen LogP contribution is 2.41. The molecule has 1 aromatic heterocycles. The van der Waals surface area contributed by atoms with Crippen molar-refractivity contribution in [2.75, 3.05) is 12.0 Å². The summed E-state index contributed by atoms with van der Waals surface area (Å²) in [5.74, 6) is -2.90. The van der Waals surface area contributed by atoms with Crippen molar-refractivity contribution in [1.82, 2.24) is 14.0 Å². The molecule has 3 aromatic rings. The predicted octanol–water partition coefficient (Wildman–Crippen LogP) is 3.59. The van der Waals surface area contributed by atoms with E-state index in [1.807, 2.05) is 0 Å². The number of amides is 2. The molecule has 1 aliphatic rings. The highest BCUT2D eigenvalue weighted by Gasteiger charge is 2.55. The third-order valence-electron chi connectivity index (χ3n) is 6.11. The van der Waals surface area contributed by atoms with E-state index in [0.717, 1.165) is 6.07 Å². The van der Waals surface area contributed by atoms with E-state index in [1.165, 1.54) is 44.4 Å². The largest absolute Gasteiger partial charge is 0.471 e. The van der Waals surface area contributed by atoms with Crippen LogP contribution in [0.2, 0.25) is 5.02 Å². The molecule has 0 aliphatic carbocycles. The van der Waals surface area contributed by atoms with E-state index < -0.39 is 39.1 Å². The second-order valence-corrected chi connectivity index (χ2v) is 9.55. The summed E-state index contributed by atoms with van der Waals surface area (Å²) in [4.78, 5) is 43.4. The van der Waals surface area contributed by atoms with Gasteiger partial charge < -0.3 is 15.2 Å². The molecule has 0 radical (unpaired) electrons. The number of imide groups is 1. The Morgan fingerprint density at radius 3 is 2.57 bits per heavy atom. The summed E-state index contributed by atoms with van der Waals surface area (Å²) in [6.45, 7) is 4.92. The van der Waals surface area contributed by atoms with Gasteiger partial charge in [0.05, 0.1) is 12.6 Å². The Bertz CT molecular complexity index is 1500. The lowest BCUT2D eigenvalue weighted by atomic mass is 10.0. The van der Waals surface area contributed by atoms with Gasteiger partial charge in [0, 0.05) is 17.7 Å². The van der Waals surface area contributed by atoms with Crippen molar-refractivity contribution < 1.29 is 28.2 Å². The van der Waals surface area contributed by atoms with Crippen molar-refractivity contribution >= 4 is 34.8 Å². The number of nitrogens with one attached hydrogen (secondary N) is 1. The third-order valence-corrected chi connectivity index (χ3v) is 6.43. The molecule has 0 saturated carbocycles. The van der Waals surface area contributed by atoms with Crippen molar-refractivity contribution in [3.63, 3.8) is 0 Å². The SMILES string of the molecule is CC(=O)[N+]1(C(=O)C(C)(C)O)CNc2ccc(-n3c(C)nc(OCc4ccc(F)cc4F)c(Cl)c3=O)cc21. The number of aliphatic hydroxyl groups is 1. The van der Waals surface area contributed by atoms with Crippen LogP contribution in [0.3, 0.4) is 0 Å². The van der Waals surface area contributed by atoms with Crippen molar-refractivity contribution in [3.8, 4) is 11.6 Å². The molecular formula is C25H24ClF2N4O5+. The first-order valence-electron chi connectivity index (χ1n) is 11.2. The number of nitrogens with zero attached hydrogens (tertiary/aromatic N) is 3. The van der Waals surface area contributed by atoms with Crippen molar-refractivity contribution in [2.24, 2.45) is 0 Å². The number of halogens is 3. The number of hydrogen-bond acceptors (Lipinski definition) is 7. The summed E-state index contributed by atoms with van der Waals surface area (Å²) in [6.07, 6.45) is 0. The number of ether oxygens (including phenoxy) is 1. The second kappa shape index (κ2) is 9.33. The van der Waals surface area contributed by atoms with Crippen LogP contribution < -0.4 is 20.1 Å². The Morgan fingerprint density at radius 2 is 1.95 bits per heavy atom. The van der Waals surface area contributed by atoms with E-state index in [2.05, 4.69) is 10.3 Å². The number of quaternary nitrogens is 1. The molecule has 1 atom stereocenters. The molecule has 12 heteroatoms. The van der Waals surface area contributed by atoms with Gasteiger partial charge in [-0.2, -0.15) is 4.98 Å². The van der Waals surface area contributed by atoms with E-state index in [4.69, 9.17) is 16.3 Å². The summed E-state index contributed by atoms with van der Waals surface area (Å²) >= 11 is 6.25. The zero-order valence-electron chi connectivity index (χ0n) is 20.4. The summed E-state index contributed by atoms with van der Waals surface area (Å²) in [7, 11) is 0. The van der Waals surface area contributed by atoms with Crippen LogP contribution in [-0.2, 0) is 16.2 Å². The standard InChI is InChI=1S/C25H24ClF2N4O5/c1-13-30-22(37-11-15-5-6-16(27)9-18(15)28)21(26)23(34)31(13)17-7-8-19-20(10-17)32(12-29-19,14(2)33)24(35)25(3,4)36/h5-10,29,36H,11-12H2,1-4H3/q+1. The number of aromatic nitrogens is 2. The van der Waals surface area contributed by atoms with Gasteiger partial charge in [0.15, 0.2) is 23.0 Å². The fourth-order valence-electron chi connectivity index (χ4n) is 4.25. The molecule has 0 bridgehead atoms. The van der Waals surface area contributed by atoms with E-state index in [1.54, 1.807) is 12.1 Å². The Morgan fingerprint density at radius 1 is 1.24 bits per heavy atom.